The number of benzene rings is 1. The largest absolute Gasteiger partial charge is 0.480 e. The van der Waals surface area contributed by atoms with Gasteiger partial charge >= 0.3 is 5.97 Å². The Balaban J connectivity index is 2.53. The van der Waals surface area contributed by atoms with Crippen molar-refractivity contribution in [3.63, 3.8) is 0 Å². The Kier molecular flexibility index (Phi) is 2.77. The fourth-order valence-corrected chi connectivity index (χ4v) is 1.98. The smallest absolute Gasteiger partial charge is 0.320 e. The van der Waals surface area contributed by atoms with Crippen LogP contribution in [0.15, 0.2) is 24.3 Å². The van der Waals surface area contributed by atoms with Crippen molar-refractivity contribution >= 4 is 16.9 Å². The molecule has 1 aromatic carbocycles. The molecule has 0 aliphatic heterocycles. The fraction of sp³-hybridized carbons (Fsp3) is 0.250. The van der Waals surface area contributed by atoms with Gasteiger partial charge in [0.2, 0.25) is 0 Å². The number of carboxylic acid groups (broad SMARTS) is 1. The molecule has 1 aromatic heterocycles. The molecule has 1 heterocycles. The Morgan fingerprint density at radius 3 is 2.76 bits per heavy atom. The minimum atomic E-state index is -1.04. The number of fused-ring (bicyclic) bond motifs is 1. The molecule has 0 radical (unpaired) electrons. The Morgan fingerprint density at radius 2 is 2.12 bits per heavy atom. The molecule has 2 aromatic rings. The number of nitrogens with zero attached hydrogens (tertiary/aromatic N) is 1. The van der Waals surface area contributed by atoms with Gasteiger partial charge in [-0.05, 0) is 18.6 Å². The van der Waals surface area contributed by atoms with Gasteiger partial charge in [0.25, 0.3) is 0 Å². The van der Waals surface area contributed by atoms with Crippen LogP contribution in [0.25, 0.3) is 10.9 Å². The van der Waals surface area contributed by atoms with Crippen LogP contribution in [0.3, 0.4) is 0 Å². The van der Waals surface area contributed by atoms with Crippen LogP contribution in [0.2, 0.25) is 0 Å². The standard InChI is InChI=1S/C12H14N2O3/c1-7-9(6-10(13)12(15)16)8-4-2-3-5-11(8)14(7)17/h2-5,10,17H,6,13H2,1H3,(H,15,16). The normalized spacial score (nSPS) is 12.8. The Hall–Kier alpha value is -2.01. The van der Waals surface area contributed by atoms with Crippen molar-refractivity contribution in [1.29, 1.82) is 0 Å². The van der Waals surface area contributed by atoms with E-state index in [0.29, 0.717) is 11.2 Å². The summed E-state index contributed by atoms with van der Waals surface area (Å²) in [5.74, 6) is -1.04. The summed E-state index contributed by atoms with van der Waals surface area (Å²) in [6.07, 6.45) is 0.204. The van der Waals surface area contributed by atoms with Crippen molar-refractivity contribution in [3.8, 4) is 0 Å². The molecule has 0 spiro atoms. The van der Waals surface area contributed by atoms with E-state index in [9.17, 15) is 10.0 Å². The van der Waals surface area contributed by atoms with E-state index in [1.165, 1.54) is 0 Å². The molecule has 1 unspecified atom stereocenters. The highest BCUT2D eigenvalue weighted by Crippen LogP contribution is 2.25. The summed E-state index contributed by atoms with van der Waals surface area (Å²) >= 11 is 0. The number of aliphatic carboxylic acids is 1. The minimum Gasteiger partial charge on any atom is -0.480 e. The molecule has 4 N–H and O–H groups in total. The number of para-hydroxylation sites is 1. The number of carbonyl (C=O) groups is 1. The van der Waals surface area contributed by atoms with Crippen LogP contribution in [0.5, 0.6) is 0 Å². The van der Waals surface area contributed by atoms with Gasteiger partial charge in [-0.3, -0.25) is 4.79 Å². The first-order chi connectivity index (χ1) is 8.02. The maximum absolute atomic E-state index is 10.8. The van der Waals surface area contributed by atoms with Gasteiger partial charge in [0.05, 0.1) is 11.2 Å². The number of hydrogen-bond donors (Lipinski definition) is 3. The van der Waals surface area contributed by atoms with Crippen LogP contribution >= 0.6 is 0 Å². The van der Waals surface area contributed by atoms with E-state index in [1.54, 1.807) is 13.0 Å². The van der Waals surface area contributed by atoms with Crippen LogP contribution in [-0.2, 0) is 11.2 Å². The van der Waals surface area contributed by atoms with Gasteiger partial charge in [-0.25, -0.2) is 0 Å². The van der Waals surface area contributed by atoms with E-state index in [4.69, 9.17) is 10.8 Å². The lowest BCUT2D eigenvalue weighted by Gasteiger charge is -2.06. The van der Waals surface area contributed by atoms with Crippen molar-refractivity contribution in [1.82, 2.24) is 4.73 Å². The summed E-state index contributed by atoms with van der Waals surface area (Å²) in [5.41, 5.74) is 7.60. The predicted octanol–water partition coefficient (Wildman–Crippen LogP) is 1.14. The number of nitrogens with two attached hydrogens (primary N) is 1. The number of hydrogen-bond acceptors (Lipinski definition) is 3. The minimum absolute atomic E-state index is 0.204. The topological polar surface area (TPSA) is 88.5 Å². The summed E-state index contributed by atoms with van der Waals surface area (Å²) < 4.78 is 1.07. The van der Waals surface area contributed by atoms with E-state index in [-0.39, 0.29) is 6.42 Å². The van der Waals surface area contributed by atoms with Crippen LogP contribution in [-0.4, -0.2) is 27.1 Å². The highest BCUT2D eigenvalue weighted by atomic mass is 16.5. The molecular weight excluding hydrogens is 220 g/mol. The zero-order valence-corrected chi connectivity index (χ0v) is 9.42. The van der Waals surface area contributed by atoms with E-state index in [2.05, 4.69) is 0 Å². The third-order valence-electron chi connectivity index (χ3n) is 2.95. The number of aromatic nitrogens is 1. The first-order valence-electron chi connectivity index (χ1n) is 5.29. The van der Waals surface area contributed by atoms with Crippen molar-refractivity contribution in [3.05, 3.63) is 35.5 Å². The highest BCUT2D eigenvalue weighted by Gasteiger charge is 2.19. The van der Waals surface area contributed by atoms with Gasteiger partial charge < -0.3 is 16.0 Å². The zero-order valence-electron chi connectivity index (χ0n) is 9.42. The van der Waals surface area contributed by atoms with E-state index in [1.807, 2.05) is 18.2 Å². The molecule has 17 heavy (non-hydrogen) atoms. The second kappa shape index (κ2) is 4.10. The molecular formula is C12H14N2O3. The summed E-state index contributed by atoms with van der Waals surface area (Å²) in [5, 5.41) is 19.5. The SMILES string of the molecule is Cc1c(CC(N)C(=O)O)c2ccccc2n1O. The van der Waals surface area contributed by atoms with Crippen molar-refractivity contribution in [2.75, 3.05) is 0 Å². The molecule has 5 heteroatoms. The number of carboxylic acids is 1. The Labute approximate surface area is 98.0 Å². The second-order valence-corrected chi connectivity index (χ2v) is 4.04. The van der Waals surface area contributed by atoms with Crippen LogP contribution in [0, 0.1) is 6.92 Å². The molecule has 0 amide bonds. The summed E-state index contributed by atoms with van der Waals surface area (Å²) in [6, 6.07) is 6.32. The van der Waals surface area contributed by atoms with Gasteiger partial charge in [-0.2, -0.15) is 4.73 Å². The average Bonchev–Trinajstić information content (AvgIpc) is 2.55. The Bertz CT molecular complexity index is 574. The zero-order chi connectivity index (χ0) is 12.6. The summed E-state index contributed by atoms with van der Waals surface area (Å²) in [4.78, 5) is 10.8. The van der Waals surface area contributed by atoms with E-state index in [0.717, 1.165) is 15.7 Å². The maximum Gasteiger partial charge on any atom is 0.320 e. The molecule has 0 fully saturated rings. The summed E-state index contributed by atoms with van der Waals surface area (Å²) in [6.45, 7) is 1.74. The first kappa shape index (κ1) is 11.5. The van der Waals surface area contributed by atoms with Crippen LogP contribution < -0.4 is 5.73 Å². The summed E-state index contributed by atoms with van der Waals surface area (Å²) in [7, 11) is 0. The highest BCUT2D eigenvalue weighted by molar-refractivity contribution is 5.86. The van der Waals surface area contributed by atoms with Crippen molar-refractivity contribution in [2.45, 2.75) is 19.4 Å². The lowest BCUT2D eigenvalue weighted by Crippen LogP contribution is -2.32. The number of rotatable bonds is 3. The van der Waals surface area contributed by atoms with Gasteiger partial charge in [-0.15, -0.1) is 0 Å². The third-order valence-corrected chi connectivity index (χ3v) is 2.95. The van der Waals surface area contributed by atoms with Crippen molar-refractivity contribution in [2.24, 2.45) is 5.73 Å². The molecule has 90 valence electrons. The van der Waals surface area contributed by atoms with Crippen molar-refractivity contribution < 1.29 is 15.1 Å². The molecule has 0 saturated carbocycles. The van der Waals surface area contributed by atoms with E-state index >= 15 is 0 Å². The average molecular weight is 234 g/mol. The molecule has 5 nitrogen and oxygen atoms in total. The van der Waals surface area contributed by atoms with Crippen LogP contribution in [0.1, 0.15) is 11.3 Å². The lowest BCUT2D eigenvalue weighted by atomic mass is 10.0. The lowest BCUT2D eigenvalue weighted by molar-refractivity contribution is -0.138. The molecule has 2 rings (SSSR count). The predicted molar refractivity (Wildman–Crippen MR) is 63.2 cm³/mol. The van der Waals surface area contributed by atoms with Gasteiger partial charge in [0.1, 0.15) is 6.04 Å². The quantitative estimate of drug-likeness (QED) is 0.695. The monoisotopic (exact) mass is 234 g/mol. The van der Waals surface area contributed by atoms with Crippen LogP contribution in [0.4, 0.5) is 0 Å². The maximum atomic E-state index is 10.8. The first-order valence-corrected chi connectivity index (χ1v) is 5.29. The molecule has 0 aliphatic rings. The molecule has 1 atom stereocenters. The second-order valence-electron chi connectivity index (χ2n) is 4.04. The molecule has 0 bridgehead atoms. The fourth-order valence-electron chi connectivity index (χ4n) is 1.98. The van der Waals surface area contributed by atoms with Gasteiger partial charge in [0.15, 0.2) is 0 Å². The van der Waals surface area contributed by atoms with Gasteiger partial charge in [0, 0.05) is 11.8 Å². The van der Waals surface area contributed by atoms with Gasteiger partial charge in [-0.1, -0.05) is 18.2 Å². The molecule has 0 saturated heterocycles. The molecule has 0 aliphatic carbocycles. The Morgan fingerprint density at radius 1 is 1.47 bits per heavy atom. The van der Waals surface area contributed by atoms with E-state index < -0.39 is 12.0 Å². The third kappa shape index (κ3) is 1.85.